The molecule has 0 rings (SSSR count). The van der Waals surface area contributed by atoms with Crippen LogP contribution in [-0.4, -0.2) is 10.5 Å². The minimum absolute atomic E-state index is 0.326. The van der Waals surface area contributed by atoms with Crippen molar-refractivity contribution in [2.45, 2.75) is 12.2 Å². The van der Waals surface area contributed by atoms with Gasteiger partial charge in [-0.25, -0.2) is 0 Å². The maximum Gasteiger partial charge on any atom is 0.277 e. The first-order chi connectivity index (χ1) is 3.66. The van der Waals surface area contributed by atoms with Crippen LogP contribution in [-0.2, 0) is 0 Å². The fraction of sp³-hybridized carbons (Fsp3) is 0.500. The second kappa shape index (κ2) is 3.33. The monoisotopic (exact) mass is 130 g/mol. The van der Waals surface area contributed by atoms with Crippen molar-refractivity contribution in [3.8, 4) is 6.07 Å². The summed E-state index contributed by atoms with van der Waals surface area (Å²) in [6.45, 7) is 1.62. The van der Waals surface area contributed by atoms with E-state index in [0.29, 0.717) is 0 Å². The molecule has 0 radical (unpaired) electrons. The highest BCUT2D eigenvalue weighted by atomic mass is 32.2. The Morgan fingerprint density at radius 1 is 2.00 bits per heavy atom. The second-order valence-electron chi connectivity index (χ2n) is 1.21. The maximum absolute atomic E-state index is 10.0. The van der Waals surface area contributed by atoms with Gasteiger partial charge in [-0.15, -0.1) is 0 Å². The molecule has 0 aromatic rings. The SMILES string of the molecule is CC(C#N)SC(N)=O. The van der Waals surface area contributed by atoms with Gasteiger partial charge >= 0.3 is 0 Å². The molecule has 1 unspecified atom stereocenters. The lowest BCUT2D eigenvalue weighted by Gasteiger charge is -1.92. The standard InChI is InChI=1S/C4H6N2OS/c1-3(2-5)8-4(6)7/h3H,1H3,(H2,6,7). The van der Waals surface area contributed by atoms with Crippen LogP contribution in [0.4, 0.5) is 4.79 Å². The molecule has 0 aromatic carbocycles. The molecule has 0 fully saturated rings. The van der Waals surface area contributed by atoms with Gasteiger partial charge in [0.05, 0.1) is 11.3 Å². The second-order valence-corrected chi connectivity index (χ2v) is 2.55. The highest BCUT2D eigenvalue weighted by Gasteiger charge is 2.02. The summed E-state index contributed by atoms with van der Waals surface area (Å²) < 4.78 is 0. The molecule has 1 atom stereocenters. The van der Waals surface area contributed by atoms with Crippen molar-refractivity contribution in [1.82, 2.24) is 0 Å². The van der Waals surface area contributed by atoms with Crippen LogP contribution >= 0.6 is 11.8 Å². The summed E-state index contributed by atoms with van der Waals surface area (Å²) in [5, 5.41) is 7.28. The van der Waals surface area contributed by atoms with Crippen molar-refractivity contribution in [2.75, 3.05) is 0 Å². The Hall–Kier alpha value is -0.690. The lowest BCUT2D eigenvalue weighted by atomic mass is 10.5. The van der Waals surface area contributed by atoms with Gasteiger partial charge in [-0.2, -0.15) is 5.26 Å². The zero-order chi connectivity index (χ0) is 6.57. The Morgan fingerprint density at radius 3 is 2.62 bits per heavy atom. The third-order valence-corrected chi connectivity index (χ3v) is 1.17. The first kappa shape index (κ1) is 7.31. The molecule has 0 aliphatic rings. The topological polar surface area (TPSA) is 66.9 Å². The number of hydrogen-bond acceptors (Lipinski definition) is 3. The van der Waals surface area contributed by atoms with E-state index >= 15 is 0 Å². The summed E-state index contributed by atoms with van der Waals surface area (Å²) in [5.41, 5.74) is 4.74. The van der Waals surface area contributed by atoms with Crippen molar-refractivity contribution in [3.63, 3.8) is 0 Å². The van der Waals surface area contributed by atoms with Gasteiger partial charge in [-0.1, -0.05) is 0 Å². The summed E-state index contributed by atoms with van der Waals surface area (Å²) in [6, 6.07) is 1.86. The number of primary amides is 1. The minimum Gasteiger partial charge on any atom is -0.360 e. The fourth-order valence-corrected chi connectivity index (χ4v) is 0.602. The molecule has 0 spiro atoms. The molecule has 0 aliphatic carbocycles. The molecule has 0 saturated heterocycles. The van der Waals surface area contributed by atoms with E-state index in [9.17, 15) is 4.79 Å². The minimum atomic E-state index is -0.501. The number of rotatable bonds is 1. The Morgan fingerprint density at radius 2 is 2.50 bits per heavy atom. The summed E-state index contributed by atoms with van der Waals surface area (Å²) in [4.78, 5) is 10.0. The van der Waals surface area contributed by atoms with E-state index in [1.54, 1.807) is 6.92 Å². The molecule has 1 amide bonds. The lowest BCUT2D eigenvalue weighted by molar-refractivity contribution is 0.267. The van der Waals surface area contributed by atoms with Crippen molar-refractivity contribution >= 4 is 17.0 Å². The number of nitriles is 1. The first-order valence-electron chi connectivity index (χ1n) is 2.02. The Balaban J connectivity index is 3.43. The van der Waals surface area contributed by atoms with Crippen LogP contribution < -0.4 is 5.73 Å². The third-order valence-electron chi connectivity index (χ3n) is 0.475. The molecule has 0 bridgehead atoms. The van der Waals surface area contributed by atoms with Gasteiger partial charge < -0.3 is 5.73 Å². The molecule has 2 N–H and O–H groups in total. The van der Waals surface area contributed by atoms with E-state index in [1.165, 1.54) is 0 Å². The average molecular weight is 130 g/mol. The van der Waals surface area contributed by atoms with Crippen molar-refractivity contribution in [1.29, 1.82) is 5.26 Å². The van der Waals surface area contributed by atoms with Crippen LogP contribution in [0.3, 0.4) is 0 Å². The van der Waals surface area contributed by atoms with Gasteiger partial charge in [0.25, 0.3) is 5.24 Å². The molecule has 0 aromatic heterocycles. The first-order valence-corrected chi connectivity index (χ1v) is 2.90. The van der Waals surface area contributed by atoms with E-state index in [4.69, 9.17) is 11.0 Å². The zero-order valence-corrected chi connectivity index (χ0v) is 5.23. The molecular weight excluding hydrogens is 124 g/mol. The van der Waals surface area contributed by atoms with Gasteiger partial charge in [0.2, 0.25) is 0 Å². The van der Waals surface area contributed by atoms with Crippen LogP contribution in [0.15, 0.2) is 0 Å². The largest absolute Gasteiger partial charge is 0.360 e. The Labute approximate surface area is 51.9 Å². The number of nitrogens with zero attached hydrogens (tertiary/aromatic N) is 1. The van der Waals surface area contributed by atoms with Crippen molar-refractivity contribution in [3.05, 3.63) is 0 Å². The molecule has 0 heterocycles. The van der Waals surface area contributed by atoms with Crippen LogP contribution in [0.25, 0.3) is 0 Å². The number of nitrogens with two attached hydrogens (primary N) is 1. The lowest BCUT2D eigenvalue weighted by Crippen LogP contribution is -2.06. The normalized spacial score (nSPS) is 12.0. The molecule has 3 nitrogen and oxygen atoms in total. The smallest absolute Gasteiger partial charge is 0.277 e. The van der Waals surface area contributed by atoms with Gasteiger partial charge in [0, 0.05) is 0 Å². The zero-order valence-electron chi connectivity index (χ0n) is 4.42. The number of carbonyl (C=O) groups excluding carboxylic acids is 1. The van der Waals surface area contributed by atoms with Gasteiger partial charge in [0.15, 0.2) is 0 Å². The summed E-state index contributed by atoms with van der Waals surface area (Å²) in [5.74, 6) is 0. The van der Waals surface area contributed by atoms with E-state index < -0.39 is 5.24 Å². The molecule has 8 heavy (non-hydrogen) atoms. The number of hydrogen-bond donors (Lipinski definition) is 1. The van der Waals surface area contributed by atoms with E-state index in [-0.39, 0.29) is 5.25 Å². The summed E-state index contributed by atoms with van der Waals surface area (Å²) >= 11 is 0.832. The molecule has 0 aliphatic heterocycles. The van der Waals surface area contributed by atoms with Crippen molar-refractivity contribution in [2.24, 2.45) is 5.73 Å². The summed E-state index contributed by atoms with van der Waals surface area (Å²) in [7, 11) is 0. The number of amides is 1. The Bertz CT molecular complexity index is 128. The van der Waals surface area contributed by atoms with E-state index in [0.717, 1.165) is 11.8 Å². The van der Waals surface area contributed by atoms with E-state index in [2.05, 4.69) is 0 Å². The molecule has 4 heteroatoms. The fourth-order valence-electron chi connectivity index (χ4n) is 0.201. The van der Waals surface area contributed by atoms with Crippen LogP contribution in [0.2, 0.25) is 0 Å². The maximum atomic E-state index is 10.0. The quantitative estimate of drug-likeness (QED) is 0.568. The highest BCUT2D eigenvalue weighted by molar-refractivity contribution is 8.14. The predicted molar refractivity (Wildman–Crippen MR) is 32.2 cm³/mol. The van der Waals surface area contributed by atoms with Crippen LogP contribution in [0, 0.1) is 11.3 Å². The van der Waals surface area contributed by atoms with Gasteiger partial charge in [-0.3, -0.25) is 4.79 Å². The summed E-state index contributed by atoms with van der Waals surface area (Å²) in [6.07, 6.45) is 0. The van der Waals surface area contributed by atoms with Crippen LogP contribution in [0.1, 0.15) is 6.92 Å². The van der Waals surface area contributed by atoms with Crippen LogP contribution in [0.5, 0.6) is 0 Å². The molecular formula is C4H6N2OS. The Kier molecular flexibility index (Phi) is 3.04. The van der Waals surface area contributed by atoms with Crippen molar-refractivity contribution < 1.29 is 4.79 Å². The molecule has 0 saturated carbocycles. The third kappa shape index (κ3) is 3.50. The van der Waals surface area contributed by atoms with Gasteiger partial charge in [-0.05, 0) is 18.7 Å². The number of thioether (sulfide) groups is 1. The van der Waals surface area contributed by atoms with Gasteiger partial charge in [0.1, 0.15) is 0 Å². The average Bonchev–Trinajstić information content (AvgIpc) is 1.65. The number of carbonyl (C=O) groups is 1. The predicted octanol–water partition coefficient (Wildman–Crippen LogP) is 0.710. The van der Waals surface area contributed by atoms with E-state index in [1.807, 2.05) is 6.07 Å². The molecule has 44 valence electrons. The highest BCUT2D eigenvalue weighted by Crippen LogP contribution is 2.06.